The van der Waals surface area contributed by atoms with E-state index in [1.807, 2.05) is 10.8 Å². The van der Waals surface area contributed by atoms with Crippen molar-refractivity contribution in [2.24, 2.45) is 0 Å². The zero-order valence-electron chi connectivity index (χ0n) is 12.0. The molecule has 0 aliphatic rings. The van der Waals surface area contributed by atoms with Crippen LogP contribution in [0.5, 0.6) is 0 Å². The predicted octanol–water partition coefficient (Wildman–Crippen LogP) is 3.22. The number of nitrogens with one attached hydrogen (secondary N) is 1. The molecule has 0 radical (unpaired) electrons. The van der Waals surface area contributed by atoms with Crippen LogP contribution in [0.25, 0.3) is 5.69 Å². The molecule has 4 heteroatoms. The first-order valence-electron chi connectivity index (χ1n) is 6.96. The van der Waals surface area contributed by atoms with E-state index in [9.17, 15) is 0 Å². The Morgan fingerprint density at radius 3 is 2.65 bits per heavy atom. The maximum Gasteiger partial charge on any atom is 0.0991 e. The molecule has 20 heavy (non-hydrogen) atoms. The van der Waals surface area contributed by atoms with Crippen LogP contribution in [0.15, 0.2) is 43.0 Å². The minimum Gasteiger partial charge on any atom is -0.306 e. The van der Waals surface area contributed by atoms with Crippen molar-refractivity contribution in [3.8, 4) is 11.8 Å². The Morgan fingerprint density at radius 1 is 1.35 bits per heavy atom. The van der Waals surface area contributed by atoms with Gasteiger partial charge in [0.15, 0.2) is 0 Å². The molecule has 1 heterocycles. The summed E-state index contributed by atoms with van der Waals surface area (Å²) in [5.74, 6) is 0. The Balaban J connectivity index is 2.04. The molecule has 4 nitrogen and oxygen atoms in total. The summed E-state index contributed by atoms with van der Waals surface area (Å²) in [6.45, 7) is 4.23. The molecular weight excluding hydrogens is 248 g/mol. The normalized spacial score (nSPS) is 13.7. The highest BCUT2D eigenvalue weighted by molar-refractivity contribution is 5.35. The summed E-state index contributed by atoms with van der Waals surface area (Å²) in [6.07, 6.45) is 7.00. The van der Waals surface area contributed by atoms with Crippen LogP contribution >= 0.6 is 0 Å². The molecule has 2 unspecified atom stereocenters. The fourth-order valence-electron chi connectivity index (χ4n) is 2.23. The molecule has 0 fully saturated rings. The average molecular weight is 268 g/mol. The second-order valence-electron chi connectivity index (χ2n) is 4.92. The summed E-state index contributed by atoms with van der Waals surface area (Å²) in [5, 5.41) is 12.3. The van der Waals surface area contributed by atoms with Gasteiger partial charge < -0.3 is 9.88 Å². The van der Waals surface area contributed by atoms with E-state index in [0.29, 0.717) is 6.42 Å². The lowest BCUT2D eigenvalue weighted by molar-refractivity contribution is 0.448. The molecule has 2 rings (SSSR count). The van der Waals surface area contributed by atoms with Gasteiger partial charge >= 0.3 is 0 Å². The van der Waals surface area contributed by atoms with Gasteiger partial charge in [0.2, 0.25) is 0 Å². The van der Waals surface area contributed by atoms with Crippen LogP contribution in [0.1, 0.15) is 38.3 Å². The lowest BCUT2D eigenvalue weighted by atomic mass is 10.1. The van der Waals surface area contributed by atoms with E-state index in [2.05, 4.69) is 54.5 Å². The topological polar surface area (TPSA) is 53.6 Å². The minimum absolute atomic E-state index is 0.241. The quantitative estimate of drug-likeness (QED) is 0.875. The first-order valence-corrected chi connectivity index (χ1v) is 6.96. The SMILES string of the molecule is CCC(CC#N)NC(C)c1ccc(-n2ccnc2)cc1. The number of aromatic nitrogens is 2. The molecular formula is C16H20N4. The van der Waals surface area contributed by atoms with Gasteiger partial charge in [-0.3, -0.25) is 0 Å². The number of nitriles is 1. The molecule has 1 N–H and O–H groups in total. The van der Waals surface area contributed by atoms with Crippen molar-refractivity contribution < 1.29 is 0 Å². The maximum atomic E-state index is 8.79. The molecule has 1 aromatic carbocycles. The molecule has 2 atom stereocenters. The fraction of sp³-hybridized carbons (Fsp3) is 0.375. The molecule has 0 amide bonds. The minimum atomic E-state index is 0.241. The third-order valence-electron chi connectivity index (χ3n) is 3.51. The zero-order valence-corrected chi connectivity index (χ0v) is 12.0. The highest BCUT2D eigenvalue weighted by atomic mass is 15.0. The molecule has 0 aliphatic heterocycles. The number of rotatable bonds is 6. The van der Waals surface area contributed by atoms with E-state index in [0.717, 1.165) is 12.1 Å². The standard InChI is InChI=1S/C16H20N4/c1-3-15(8-9-17)19-13(2)14-4-6-16(7-5-14)20-11-10-18-12-20/h4-7,10-13,15,19H,3,8H2,1-2H3. The highest BCUT2D eigenvalue weighted by Gasteiger charge is 2.11. The summed E-state index contributed by atoms with van der Waals surface area (Å²) in [4.78, 5) is 4.05. The third kappa shape index (κ3) is 3.46. The summed E-state index contributed by atoms with van der Waals surface area (Å²) in [5.41, 5.74) is 2.33. The van der Waals surface area contributed by atoms with Gasteiger partial charge in [-0.05, 0) is 31.0 Å². The zero-order chi connectivity index (χ0) is 14.4. The van der Waals surface area contributed by atoms with Gasteiger partial charge in [-0.1, -0.05) is 19.1 Å². The molecule has 0 spiro atoms. The largest absolute Gasteiger partial charge is 0.306 e. The van der Waals surface area contributed by atoms with Crippen molar-refractivity contribution in [2.75, 3.05) is 0 Å². The van der Waals surface area contributed by atoms with Crippen molar-refractivity contribution in [1.29, 1.82) is 5.26 Å². The number of nitrogens with zero attached hydrogens (tertiary/aromatic N) is 3. The van der Waals surface area contributed by atoms with Crippen molar-refractivity contribution >= 4 is 0 Å². The lowest BCUT2D eigenvalue weighted by Crippen LogP contribution is -2.30. The number of hydrogen-bond acceptors (Lipinski definition) is 3. The smallest absolute Gasteiger partial charge is 0.0991 e. The van der Waals surface area contributed by atoms with Gasteiger partial charge in [-0.25, -0.2) is 4.98 Å². The summed E-state index contributed by atoms with van der Waals surface area (Å²) in [6, 6.07) is 11.1. The number of imidazole rings is 1. The third-order valence-corrected chi connectivity index (χ3v) is 3.51. The van der Waals surface area contributed by atoms with Crippen LogP contribution in [0.3, 0.4) is 0 Å². The molecule has 0 bridgehead atoms. The van der Waals surface area contributed by atoms with Crippen molar-refractivity contribution in [3.05, 3.63) is 48.5 Å². The van der Waals surface area contributed by atoms with Gasteiger partial charge in [0.1, 0.15) is 0 Å². The molecule has 1 aromatic heterocycles. The predicted molar refractivity (Wildman–Crippen MR) is 79.4 cm³/mol. The summed E-state index contributed by atoms with van der Waals surface area (Å²) >= 11 is 0. The number of hydrogen-bond donors (Lipinski definition) is 1. The van der Waals surface area contributed by atoms with Gasteiger partial charge in [0.05, 0.1) is 18.8 Å². The van der Waals surface area contributed by atoms with E-state index in [-0.39, 0.29) is 12.1 Å². The molecule has 0 saturated heterocycles. The van der Waals surface area contributed by atoms with Crippen LogP contribution in [0.2, 0.25) is 0 Å². The second kappa shape index (κ2) is 6.88. The van der Waals surface area contributed by atoms with E-state index in [1.165, 1.54) is 5.56 Å². The maximum absolute atomic E-state index is 8.79. The monoisotopic (exact) mass is 268 g/mol. The summed E-state index contributed by atoms with van der Waals surface area (Å²) < 4.78 is 1.98. The van der Waals surface area contributed by atoms with Crippen LogP contribution in [0.4, 0.5) is 0 Å². The Bertz CT molecular complexity index is 551. The van der Waals surface area contributed by atoms with Crippen LogP contribution in [-0.2, 0) is 0 Å². The average Bonchev–Trinajstić information content (AvgIpc) is 3.01. The van der Waals surface area contributed by atoms with E-state index in [1.54, 1.807) is 12.5 Å². The Morgan fingerprint density at radius 2 is 2.10 bits per heavy atom. The van der Waals surface area contributed by atoms with Crippen molar-refractivity contribution in [3.63, 3.8) is 0 Å². The van der Waals surface area contributed by atoms with Gasteiger partial charge in [-0.15, -0.1) is 0 Å². The molecule has 0 saturated carbocycles. The van der Waals surface area contributed by atoms with E-state index >= 15 is 0 Å². The van der Waals surface area contributed by atoms with Crippen LogP contribution in [0, 0.1) is 11.3 Å². The van der Waals surface area contributed by atoms with Gasteiger partial charge in [-0.2, -0.15) is 5.26 Å². The van der Waals surface area contributed by atoms with Gasteiger partial charge in [0, 0.05) is 30.2 Å². The summed E-state index contributed by atoms with van der Waals surface area (Å²) in [7, 11) is 0. The van der Waals surface area contributed by atoms with E-state index in [4.69, 9.17) is 5.26 Å². The fourth-order valence-corrected chi connectivity index (χ4v) is 2.23. The first-order chi connectivity index (χ1) is 9.74. The lowest BCUT2D eigenvalue weighted by Gasteiger charge is -2.20. The Labute approximate surface area is 120 Å². The Kier molecular flexibility index (Phi) is 4.91. The second-order valence-corrected chi connectivity index (χ2v) is 4.92. The molecule has 0 aliphatic carbocycles. The molecule has 104 valence electrons. The van der Waals surface area contributed by atoms with Crippen LogP contribution < -0.4 is 5.32 Å². The van der Waals surface area contributed by atoms with Crippen molar-refractivity contribution in [2.45, 2.75) is 38.8 Å². The highest BCUT2D eigenvalue weighted by Crippen LogP contribution is 2.17. The molecule has 2 aromatic rings. The van der Waals surface area contributed by atoms with Crippen LogP contribution in [-0.4, -0.2) is 15.6 Å². The van der Waals surface area contributed by atoms with Gasteiger partial charge in [0.25, 0.3) is 0 Å². The van der Waals surface area contributed by atoms with E-state index < -0.39 is 0 Å². The van der Waals surface area contributed by atoms with Crippen molar-refractivity contribution in [1.82, 2.24) is 14.9 Å². The number of benzene rings is 1. The first kappa shape index (κ1) is 14.3. The Hall–Kier alpha value is -2.12.